The molecule has 4 rings (SSSR count). The van der Waals surface area contributed by atoms with Gasteiger partial charge in [0.05, 0.1) is 0 Å². The zero-order chi connectivity index (χ0) is 21.7. The molecule has 4 fully saturated rings. The fourth-order valence-electron chi connectivity index (χ4n) is 9.46. The topological polar surface area (TPSA) is 18.5 Å². The highest BCUT2D eigenvalue weighted by molar-refractivity contribution is 5.12. The van der Waals surface area contributed by atoms with Crippen LogP contribution < -0.4 is 0 Å². The van der Waals surface area contributed by atoms with Crippen LogP contribution in [0.1, 0.15) is 105 Å². The van der Waals surface area contributed by atoms with E-state index in [4.69, 9.17) is 9.47 Å². The van der Waals surface area contributed by atoms with E-state index in [9.17, 15) is 0 Å². The molecule has 0 aromatic rings. The van der Waals surface area contributed by atoms with Crippen LogP contribution in [0, 0.1) is 52.3 Å². The standard InChI is InChI=1S/C28H50O2/c1-19(2)9-8-10-20(3)23-11-12-24-22-17-21-18-28(29-6,30-7)16-15-26(21,4)25(22)13-14-27(23,24)5/h19-25H,8-18H2,1-7H3/t20-,21?,22+,23-,24+,25+,26+,27-/m1/s1. The van der Waals surface area contributed by atoms with Crippen LogP contribution in [0.5, 0.6) is 0 Å². The van der Waals surface area contributed by atoms with Crippen molar-refractivity contribution in [3.05, 3.63) is 0 Å². The first kappa shape index (κ1) is 23.1. The third-order valence-electron chi connectivity index (χ3n) is 11.3. The van der Waals surface area contributed by atoms with E-state index < -0.39 is 0 Å². The molecule has 1 unspecified atom stereocenters. The van der Waals surface area contributed by atoms with Gasteiger partial charge in [0.2, 0.25) is 0 Å². The maximum Gasteiger partial charge on any atom is 0.167 e. The van der Waals surface area contributed by atoms with Gasteiger partial charge in [0.1, 0.15) is 0 Å². The van der Waals surface area contributed by atoms with Crippen LogP contribution in [0.2, 0.25) is 0 Å². The van der Waals surface area contributed by atoms with Gasteiger partial charge in [0, 0.05) is 27.1 Å². The Morgan fingerprint density at radius 2 is 1.53 bits per heavy atom. The first-order chi connectivity index (χ1) is 14.2. The van der Waals surface area contributed by atoms with Crippen LogP contribution in [0.25, 0.3) is 0 Å². The monoisotopic (exact) mass is 418 g/mol. The van der Waals surface area contributed by atoms with Crippen molar-refractivity contribution >= 4 is 0 Å². The molecule has 0 saturated heterocycles. The SMILES string of the molecule is COC1(OC)CC[C@@]2(C)C(C[C@H]3[C@@H]4CC[C@H]([C@H](C)CCCC(C)C)[C@@]4(C)CC[C@@H]32)C1. The molecule has 0 radical (unpaired) electrons. The maximum atomic E-state index is 5.92. The van der Waals surface area contributed by atoms with E-state index in [1.54, 1.807) is 0 Å². The summed E-state index contributed by atoms with van der Waals surface area (Å²) >= 11 is 0. The smallest absolute Gasteiger partial charge is 0.167 e. The third-order valence-corrected chi connectivity index (χ3v) is 11.3. The van der Waals surface area contributed by atoms with Crippen molar-refractivity contribution in [2.24, 2.45) is 52.3 Å². The molecule has 8 atom stereocenters. The largest absolute Gasteiger partial charge is 0.353 e. The highest BCUT2D eigenvalue weighted by Gasteiger charge is 2.64. The van der Waals surface area contributed by atoms with Gasteiger partial charge in [0.25, 0.3) is 0 Å². The van der Waals surface area contributed by atoms with E-state index in [2.05, 4.69) is 34.6 Å². The number of ether oxygens (including phenoxy) is 2. The summed E-state index contributed by atoms with van der Waals surface area (Å²) in [5.41, 5.74) is 1.12. The molecule has 2 heteroatoms. The van der Waals surface area contributed by atoms with E-state index in [0.29, 0.717) is 10.8 Å². The number of hydrogen-bond donors (Lipinski definition) is 0. The van der Waals surface area contributed by atoms with Crippen LogP contribution in [0.15, 0.2) is 0 Å². The van der Waals surface area contributed by atoms with Crippen molar-refractivity contribution in [1.82, 2.24) is 0 Å². The Kier molecular flexibility index (Phi) is 6.44. The van der Waals surface area contributed by atoms with E-state index >= 15 is 0 Å². The zero-order valence-corrected chi connectivity index (χ0v) is 21.1. The predicted octanol–water partition coefficient (Wildman–Crippen LogP) is 7.71. The average Bonchev–Trinajstić information content (AvgIpc) is 3.21. The quantitative estimate of drug-likeness (QED) is 0.394. The Morgan fingerprint density at radius 3 is 2.20 bits per heavy atom. The number of methoxy groups -OCH3 is 2. The normalized spacial score (nSPS) is 45.8. The van der Waals surface area contributed by atoms with E-state index in [1.807, 2.05) is 14.2 Å². The maximum absolute atomic E-state index is 5.92. The van der Waals surface area contributed by atoms with Gasteiger partial charge in [-0.15, -0.1) is 0 Å². The molecule has 4 saturated carbocycles. The summed E-state index contributed by atoms with van der Waals surface area (Å²) in [5.74, 6) is 6.06. The van der Waals surface area contributed by atoms with Crippen molar-refractivity contribution < 1.29 is 9.47 Å². The van der Waals surface area contributed by atoms with Crippen LogP contribution in [0.4, 0.5) is 0 Å². The first-order valence-electron chi connectivity index (χ1n) is 13.3. The van der Waals surface area contributed by atoms with Crippen LogP contribution in [-0.4, -0.2) is 20.0 Å². The highest BCUT2D eigenvalue weighted by Crippen LogP contribution is 2.71. The van der Waals surface area contributed by atoms with Gasteiger partial charge in [0.15, 0.2) is 5.79 Å². The lowest BCUT2D eigenvalue weighted by Crippen LogP contribution is -2.48. The molecule has 4 aliphatic rings. The number of rotatable bonds is 7. The number of fused-ring (bicyclic) bond motifs is 5. The lowest BCUT2D eigenvalue weighted by atomic mass is 9.53. The highest BCUT2D eigenvalue weighted by atomic mass is 16.7. The molecule has 0 bridgehead atoms. The Hall–Kier alpha value is -0.0800. The fraction of sp³-hybridized carbons (Fsp3) is 1.00. The zero-order valence-electron chi connectivity index (χ0n) is 21.1. The van der Waals surface area contributed by atoms with Crippen LogP contribution >= 0.6 is 0 Å². The van der Waals surface area contributed by atoms with Crippen molar-refractivity contribution in [2.75, 3.05) is 14.2 Å². The molecule has 30 heavy (non-hydrogen) atoms. The lowest BCUT2D eigenvalue weighted by Gasteiger charge is -2.52. The van der Waals surface area contributed by atoms with Crippen molar-refractivity contribution in [2.45, 2.75) is 111 Å². The molecule has 0 N–H and O–H groups in total. The minimum Gasteiger partial charge on any atom is -0.353 e. The van der Waals surface area contributed by atoms with Gasteiger partial charge in [-0.3, -0.25) is 0 Å². The predicted molar refractivity (Wildman–Crippen MR) is 125 cm³/mol. The second-order valence-corrected chi connectivity index (χ2v) is 12.9. The summed E-state index contributed by atoms with van der Waals surface area (Å²) in [6.45, 7) is 12.7. The molecular formula is C28H50O2. The molecular weight excluding hydrogens is 368 g/mol. The molecule has 2 nitrogen and oxygen atoms in total. The molecule has 4 aliphatic carbocycles. The van der Waals surface area contributed by atoms with Crippen LogP contribution in [-0.2, 0) is 9.47 Å². The van der Waals surface area contributed by atoms with E-state index in [0.717, 1.165) is 54.3 Å². The van der Waals surface area contributed by atoms with E-state index in [1.165, 1.54) is 57.8 Å². The van der Waals surface area contributed by atoms with Gasteiger partial charge in [-0.05, 0) is 90.8 Å². The fourth-order valence-corrected chi connectivity index (χ4v) is 9.46. The molecule has 0 amide bonds. The first-order valence-corrected chi connectivity index (χ1v) is 13.3. The second kappa shape index (κ2) is 8.36. The minimum atomic E-state index is -0.315. The molecule has 0 aromatic carbocycles. The second-order valence-electron chi connectivity index (χ2n) is 12.9. The summed E-state index contributed by atoms with van der Waals surface area (Å²) < 4.78 is 11.8. The van der Waals surface area contributed by atoms with Gasteiger partial charge in [-0.2, -0.15) is 0 Å². The average molecular weight is 419 g/mol. The van der Waals surface area contributed by atoms with Gasteiger partial charge < -0.3 is 9.47 Å². The Bertz CT molecular complexity index is 595. The lowest BCUT2D eigenvalue weighted by molar-refractivity contribution is -0.245. The summed E-state index contributed by atoms with van der Waals surface area (Å²) in [7, 11) is 3.71. The minimum absolute atomic E-state index is 0.315. The molecule has 174 valence electrons. The molecule has 0 heterocycles. The Labute approximate surface area is 187 Å². The molecule has 0 spiro atoms. The molecule has 0 aliphatic heterocycles. The summed E-state index contributed by atoms with van der Waals surface area (Å²) in [4.78, 5) is 0. The Balaban J connectivity index is 1.48. The molecule has 0 aromatic heterocycles. The van der Waals surface area contributed by atoms with Crippen molar-refractivity contribution in [3.8, 4) is 0 Å². The summed E-state index contributed by atoms with van der Waals surface area (Å²) in [5, 5.41) is 0. The van der Waals surface area contributed by atoms with Gasteiger partial charge >= 0.3 is 0 Å². The van der Waals surface area contributed by atoms with Gasteiger partial charge in [-0.25, -0.2) is 0 Å². The summed E-state index contributed by atoms with van der Waals surface area (Å²) in [6.07, 6.45) is 15.2. The van der Waals surface area contributed by atoms with Crippen LogP contribution in [0.3, 0.4) is 0 Å². The van der Waals surface area contributed by atoms with Gasteiger partial charge in [-0.1, -0.05) is 53.9 Å². The number of hydrogen-bond acceptors (Lipinski definition) is 2. The van der Waals surface area contributed by atoms with Crippen molar-refractivity contribution in [1.29, 1.82) is 0 Å². The van der Waals surface area contributed by atoms with E-state index in [-0.39, 0.29) is 5.79 Å². The summed E-state index contributed by atoms with van der Waals surface area (Å²) in [6, 6.07) is 0. The third kappa shape index (κ3) is 3.60. The Morgan fingerprint density at radius 1 is 0.833 bits per heavy atom. The van der Waals surface area contributed by atoms with Crippen molar-refractivity contribution in [3.63, 3.8) is 0 Å².